The molecule has 1 heteroatoms. The molecule has 0 saturated heterocycles. The van der Waals surface area contributed by atoms with Gasteiger partial charge in [-0.25, -0.2) is 0 Å². The minimum atomic E-state index is -0.140. The van der Waals surface area contributed by atoms with Gasteiger partial charge in [0.1, 0.15) is 0 Å². The Morgan fingerprint density at radius 3 is 1.46 bits per heavy atom. The second kappa shape index (κ2) is 12.8. The summed E-state index contributed by atoms with van der Waals surface area (Å²) in [4.78, 5) is 2.52. The topological polar surface area (TPSA) is 3.24 Å². The molecule has 0 unspecified atom stereocenters. The monoisotopic (exact) mass is 689 g/mol. The van der Waals surface area contributed by atoms with Crippen LogP contribution in [0.2, 0.25) is 0 Å². The molecule has 1 nitrogen and oxygen atoms in total. The Kier molecular flexibility index (Phi) is 7.56. The van der Waals surface area contributed by atoms with Crippen molar-refractivity contribution in [2.75, 3.05) is 4.90 Å². The zero-order valence-corrected chi connectivity index (χ0v) is 30.5. The highest BCUT2D eigenvalue weighted by Gasteiger charge is 2.36. The highest BCUT2D eigenvalue weighted by molar-refractivity contribution is 6.08. The third-order valence-electron chi connectivity index (χ3n) is 11.5. The lowest BCUT2D eigenvalue weighted by atomic mass is 9.82. The molecule has 256 valence electrons. The van der Waals surface area contributed by atoms with Gasteiger partial charge in [0.25, 0.3) is 0 Å². The van der Waals surface area contributed by atoms with Gasteiger partial charge in [-0.1, -0.05) is 190 Å². The van der Waals surface area contributed by atoms with Gasteiger partial charge < -0.3 is 4.90 Å². The molecule has 0 aromatic heterocycles. The van der Waals surface area contributed by atoms with E-state index >= 15 is 0 Å². The summed E-state index contributed by atoms with van der Waals surface area (Å²) >= 11 is 0. The van der Waals surface area contributed by atoms with E-state index in [2.05, 4.69) is 219 Å². The zero-order chi connectivity index (χ0) is 36.2. The van der Waals surface area contributed by atoms with Crippen molar-refractivity contribution in [3.05, 3.63) is 211 Å². The maximum absolute atomic E-state index is 2.52. The van der Waals surface area contributed by atoms with Crippen LogP contribution in [0.4, 0.5) is 17.1 Å². The Morgan fingerprint density at radius 1 is 0.333 bits per heavy atom. The first-order valence-corrected chi connectivity index (χ1v) is 18.9. The Labute approximate surface area is 317 Å². The fourth-order valence-electron chi connectivity index (χ4n) is 8.81. The third kappa shape index (κ3) is 5.16. The number of fused-ring (bicyclic) bond motifs is 5. The molecular weight excluding hydrogens is 651 g/mol. The van der Waals surface area contributed by atoms with Gasteiger partial charge in [-0.15, -0.1) is 0 Å². The van der Waals surface area contributed by atoms with Gasteiger partial charge >= 0.3 is 0 Å². The van der Waals surface area contributed by atoms with E-state index in [1.165, 1.54) is 77.2 Å². The van der Waals surface area contributed by atoms with Crippen molar-refractivity contribution in [3.63, 3.8) is 0 Å². The molecule has 0 fully saturated rings. The van der Waals surface area contributed by atoms with Gasteiger partial charge in [0.2, 0.25) is 0 Å². The van der Waals surface area contributed by atoms with Crippen molar-refractivity contribution < 1.29 is 0 Å². The Morgan fingerprint density at radius 2 is 0.796 bits per heavy atom. The maximum atomic E-state index is 2.52. The van der Waals surface area contributed by atoms with E-state index in [1.807, 2.05) is 0 Å². The van der Waals surface area contributed by atoms with Crippen molar-refractivity contribution in [3.8, 4) is 44.5 Å². The number of hydrogen-bond donors (Lipinski definition) is 0. The molecule has 0 spiro atoms. The lowest BCUT2D eigenvalue weighted by Gasteiger charge is -2.32. The molecule has 0 amide bonds. The molecule has 9 aromatic rings. The van der Waals surface area contributed by atoms with Crippen LogP contribution in [0.3, 0.4) is 0 Å². The summed E-state index contributed by atoms with van der Waals surface area (Å²) < 4.78 is 0. The average Bonchev–Trinajstić information content (AvgIpc) is 3.46. The van der Waals surface area contributed by atoms with E-state index in [0.717, 1.165) is 17.1 Å². The van der Waals surface area contributed by atoms with Crippen molar-refractivity contribution in [1.29, 1.82) is 0 Å². The minimum absolute atomic E-state index is 0.140. The molecule has 1 aliphatic rings. The van der Waals surface area contributed by atoms with E-state index in [4.69, 9.17) is 0 Å². The quantitative estimate of drug-likeness (QED) is 0.168. The lowest BCUT2D eigenvalue weighted by molar-refractivity contribution is 0.660. The third-order valence-corrected chi connectivity index (χ3v) is 11.5. The first-order chi connectivity index (χ1) is 26.6. The van der Waals surface area contributed by atoms with Crippen LogP contribution in [0.15, 0.2) is 200 Å². The molecule has 0 radical (unpaired) electrons. The van der Waals surface area contributed by atoms with Crippen LogP contribution in [0, 0.1) is 0 Å². The molecule has 0 aliphatic heterocycles. The molecule has 54 heavy (non-hydrogen) atoms. The average molecular weight is 690 g/mol. The van der Waals surface area contributed by atoms with E-state index in [-0.39, 0.29) is 5.41 Å². The first-order valence-electron chi connectivity index (χ1n) is 18.9. The SMILES string of the molecule is CC1(C)c2ccccc2-c2ccc(N(c3ccc(-c4ccccc4)cc3)c3c(-c4cccc5ccccc45)cccc3-c3cccc4ccccc34)cc21. The van der Waals surface area contributed by atoms with Gasteiger partial charge in [0, 0.05) is 27.9 Å². The molecule has 0 heterocycles. The van der Waals surface area contributed by atoms with Gasteiger partial charge in [0.05, 0.1) is 5.69 Å². The maximum Gasteiger partial charge on any atom is 0.0618 e. The summed E-state index contributed by atoms with van der Waals surface area (Å²) in [5.41, 5.74) is 15.8. The molecule has 9 aromatic carbocycles. The highest BCUT2D eigenvalue weighted by Crippen LogP contribution is 2.53. The van der Waals surface area contributed by atoms with Crippen LogP contribution in [0.1, 0.15) is 25.0 Å². The summed E-state index contributed by atoms with van der Waals surface area (Å²) in [5.74, 6) is 0. The number of anilines is 3. The summed E-state index contributed by atoms with van der Waals surface area (Å²) in [6.07, 6.45) is 0. The van der Waals surface area contributed by atoms with Crippen LogP contribution in [0.25, 0.3) is 66.1 Å². The molecule has 1 aliphatic carbocycles. The van der Waals surface area contributed by atoms with Crippen molar-refractivity contribution >= 4 is 38.6 Å². The summed E-state index contributed by atoms with van der Waals surface area (Å²) in [7, 11) is 0. The van der Waals surface area contributed by atoms with Crippen LogP contribution in [-0.2, 0) is 5.41 Å². The van der Waals surface area contributed by atoms with Crippen molar-refractivity contribution in [1.82, 2.24) is 0 Å². The van der Waals surface area contributed by atoms with Crippen LogP contribution in [-0.4, -0.2) is 0 Å². The minimum Gasteiger partial charge on any atom is -0.309 e. The fraction of sp³-hybridized carbons (Fsp3) is 0.0566. The van der Waals surface area contributed by atoms with E-state index in [0.29, 0.717) is 0 Å². The van der Waals surface area contributed by atoms with Crippen LogP contribution >= 0.6 is 0 Å². The van der Waals surface area contributed by atoms with E-state index in [1.54, 1.807) is 0 Å². The second-order valence-electron chi connectivity index (χ2n) is 14.9. The number of hydrogen-bond acceptors (Lipinski definition) is 1. The van der Waals surface area contributed by atoms with E-state index in [9.17, 15) is 0 Å². The van der Waals surface area contributed by atoms with E-state index < -0.39 is 0 Å². The number of nitrogens with zero attached hydrogens (tertiary/aromatic N) is 1. The van der Waals surface area contributed by atoms with Crippen molar-refractivity contribution in [2.24, 2.45) is 0 Å². The molecule has 0 N–H and O–H groups in total. The normalized spacial score (nSPS) is 12.8. The van der Waals surface area contributed by atoms with Crippen molar-refractivity contribution in [2.45, 2.75) is 19.3 Å². The zero-order valence-electron chi connectivity index (χ0n) is 30.5. The lowest BCUT2D eigenvalue weighted by Crippen LogP contribution is -2.17. The number of para-hydroxylation sites is 1. The fourth-order valence-corrected chi connectivity index (χ4v) is 8.81. The number of benzene rings is 9. The van der Waals surface area contributed by atoms with Crippen LogP contribution < -0.4 is 4.90 Å². The van der Waals surface area contributed by atoms with Gasteiger partial charge in [-0.3, -0.25) is 0 Å². The Balaban J connectivity index is 1.29. The van der Waals surface area contributed by atoms with Gasteiger partial charge in [-0.2, -0.15) is 0 Å². The standard InChI is InChI=1S/C53H39N/c1-53(2)50-28-11-10-23-46(50)47-34-33-41(35-51(47)53)54(40-31-29-37(30-32-40)36-15-4-3-5-16-36)52-48(44-24-12-19-38-17-6-8-21-42(38)44)26-14-27-49(52)45-25-13-20-39-18-7-9-22-43(39)45/h3-35H,1-2H3. The molecule has 0 bridgehead atoms. The highest BCUT2D eigenvalue weighted by atomic mass is 15.1. The molecule has 0 saturated carbocycles. The molecule has 10 rings (SSSR count). The smallest absolute Gasteiger partial charge is 0.0618 e. The second-order valence-corrected chi connectivity index (χ2v) is 14.9. The molecular formula is C53H39N. The predicted molar refractivity (Wildman–Crippen MR) is 230 cm³/mol. The Bertz CT molecular complexity index is 2740. The Hall–Kier alpha value is -6.70. The summed E-state index contributed by atoms with van der Waals surface area (Å²) in [6, 6.07) is 73.6. The van der Waals surface area contributed by atoms with Gasteiger partial charge in [0.15, 0.2) is 0 Å². The first kappa shape index (κ1) is 32.0. The summed E-state index contributed by atoms with van der Waals surface area (Å²) in [5, 5.41) is 4.93. The van der Waals surface area contributed by atoms with Crippen LogP contribution in [0.5, 0.6) is 0 Å². The largest absolute Gasteiger partial charge is 0.309 e. The number of rotatable bonds is 6. The predicted octanol–water partition coefficient (Wildman–Crippen LogP) is 14.8. The molecule has 0 atom stereocenters. The summed E-state index contributed by atoms with van der Waals surface area (Å²) in [6.45, 7) is 4.73. The van der Waals surface area contributed by atoms with Gasteiger partial charge in [-0.05, 0) is 90.3 Å².